The van der Waals surface area contributed by atoms with Gasteiger partial charge in [0.05, 0.1) is 0 Å². The van der Waals surface area contributed by atoms with E-state index < -0.39 is 6.04 Å². The van der Waals surface area contributed by atoms with E-state index in [1.54, 1.807) is 0 Å². The summed E-state index contributed by atoms with van der Waals surface area (Å²) in [5, 5.41) is 2.88. The van der Waals surface area contributed by atoms with Crippen LogP contribution in [-0.2, 0) is 4.79 Å². The van der Waals surface area contributed by atoms with Crippen molar-refractivity contribution in [2.45, 2.75) is 32.9 Å². The quantitative estimate of drug-likeness (QED) is 0.817. The first-order valence-electron chi connectivity index (χ1n) is 6.72. The normalized spacial score (nSPS) is 12.8. The first-order chi connectivity index (χ1) is 8.91. The van der Waals surface area contributed by atoms with Crippen LogP contribution >= 0.6 is 0 Å². The van der Waals surface area contributed by atoms with E-state index in [-0.39, 0.29) is 5.91 Å². The van der Waals surface area contributed by atoms with Crippen molar-refractivity contribution >= 4 is 5.91 Å². The number of hydrogen-bond acceptors (Lipinski definition) is 3. The largest absolute Gasteiger partial charge is 0.353 e. The zero-order chi connectivity index (χ0) is 14.4. The zero-order valence-corrected chi connectivity index (χ0v) is 12.3. The molecule has 1 rings (SSSR count). The minimum atomic E-state index is -0.593. The third kappa shape index (κ3) is 5.01. The minimum Gasteiger partial charge on any atom is -0.353 e. The summed E-state index contributed by atoms with van der Waals surface area (Å²) in [6.45, 7) is 7.70. The lowest BCUT2D eigenvalue weighted by Gasteiger charge is -2.21. The van der Waals surface area contributed by atoms with Crippen molar-refractivity contribution in [3.63, 3.8) is 0 Å². The SMILES string of the molecule is Cc1ccc(C(N)C(=O)NCCN(C)C(C)C)cc1. The third-order valence-corrected chi connectivity index (χ3v) is 3.36. The molecule has 0 aliphatic rings. The molecule has 1 aromatic carbocycles. The molecule has 0 aliphatic heterocycles. The standard InChI is InChI=1S/C15H25N3O/c1-11(2)18(4)10-9-17-15(19)14(16)13-7-5-12(3)6-8-13/h5-8,11,14H,9-10,16H2,1-4H3,(H,17,19). The van der Waals surface area contributed by atoms with Gasteiger partial charge >= 0.3 is 0 Å². The second-order valence-corrected chi connectivity index (χ2v) is 5.25. The van der Waals surface area contributed by atoms with E-state index in [2.05, 4.69) is 24.1 Å². The first kappa shape index (κ1) is 15.7. The van der Waals surface area contributed by atoms with Crippen molar-refractivity contribution in [1.82, 2.24) is 10.2 Å². The predicted molar refractivity (Wildman–Crippen MR) is 78.9 cm³/mol. The van der Waals surface area contributed by atoms with Crippen LogP contribution in [0.3, 0.4) is 0 Å². The van der Waals surface area contributed by atoms with E-state index in [1.165, 1.54) is 0 Å². The fraction of sp³-hybridized carbons (Fsp3) is 0.533. The molecule has 4 heteroatoms. The Morgan fingerprint density at radius 3 is 2.42 bits per heavy atom. The molecule has 0 saturated carbocycles. The van der Waals surface area contributed by atoms with E-state index >= 15 is 0 Å². The number of likely N-dealkylation sites (N-methyl/N-ethyl adjacent to an activating group) is 1. The third-order valence-electron chi connectivity index (χ3n) is 3.36. The van der Waals surface area contributed by atoms with Crippen LogP contribution in [0.4, 0.5) is 0 Å². The summed E-state index contributed by atoms with van der Waals surface area (Å²) >= 11 is 0. The number of hydrogen-bond donors (Lipinski definition) is 2. The van der Waals surface area contributed by atoms with Crippen molar-refractivity contribution in [2.24, 2.45) is 5.73 Å². The Labute approximate surface area is 116 Å². The number of aryl methyl sites for hydroxylation is 1. The van der Waals surface area contributed by atoms with Gasteiger partial charge in [0.2, 0.25) is 5.91 Å². The molecule has 0 radical (unpaired) electrons. The Kier molecular flexibility index (Phi) is 5.99. The average molecular weight is 263 g/mol. The molecule has 106 valence electrons. The summed E-state index contributed by atoms with van der Waals surface area (Å²) in [4.78, 5) is 14.1. The molecule has 0 aromatic heterocycles. The Morgan fingerprint density at radius 2 is 1.89 bits per heavy atom. The van der Waals surface area contributed by atoms with Gasteiger partial charge in [-0.1, -0.05) is 29.8 Å². The highest BCUT2D eigenvalue weighted by molar-refractivity contribution is 5.82. The highest BCUT2D eigenvalue weighted by atomic mass is 16.2. The smallest absolute Gasteiger partial charge is 0.241 e. The Morgan fingerprint density at radius 1 is 1.32 bits per heavy atom. The van der Waals surface area contributed by atoms with Crippen LogP contribution in [0.15, 0.2) is 24.3 Å². The van der Waals surface area contributed by atoms with Crippen LogP contribution in [0.5, 0.6) is 0 Å². The number of carbonyl (C=O) groups excluding carboxylic acids is 1. The predicted octanol–water partition coefficient (Wildman–Crippen LogP) is 1.45. The van der Waals surface area contributed by atoms with Gasteiger partial charge in [0, 0.05) is 19.1 Å². The highest BCUT2D eigenvalue weighted by Crippen LogP contribution is 2.11. The molecule has 0 heterocycles. The fourth-order valence-corrected chi connectivity index (χ4v) is 1.65. The maximum atomic E-state index is 11.9. The fourth-order valence-electron chi connectivity index (χ4n) is 1.65. The van der Waals surface area contributed by atoms with E-state index in [1.807, 2.05) is 38.2 Å². The number of rotatable bonds is 6. The van der Waals surface area contributed by atoms with Gasteiger partial charge in [-0.15, -0.1) is 0 Å². The Balaban J connectivity index is 2.43. The maximum absolute atomic E-state index is 11.9. The molecule has 1 amide bonds. The topological polar surface area (TPSA) is 58.4 Å². The van der Waals surface area contributed by atoms with Crippen molar-refractivity contribution in [3.05, 3.63) is 35.4 Å². The van der Waals surface area contributed by atoms with Crippen molar-refractivity contribution in [3.8, 4) is 0 Å². The van der Waals surface area contributed by atoms with Crippen LogP contribution in [0.1, 0.15) is 31.0 Å². The average Bonchev–Trinajstić information content (AvgIpc) is 2.38. The molecule has 1 aromatic rings. The summed E-state index contributed by atoms with van der Waals surface area (Å²) in [6, 6.07) is 7.62. The van der Waals surface area contributed by atoms with Gasteiger partial charge in [-0.05, 0) is 33.4 Å². The first-order valence-corrected chi connectivity index (χ1v) is 6.72. The van der Waals surface area contributed by atoms with Gasteiger partial charge < -0.3 is 16.0 Å². The second kappa shape index (κ2) is 7.26. The van der Waals surface area contributed by atoms with Crippen molar-refractivity contribution in [2.75, 3.05) is 20.1 Å². The molecule has 4 nitrogen and oxygen atoms in total. The summed E-state index contributed by atoms with van der Waals surface area (Å²) in [7, 11) is 2.04. The zero-order valence-electron chi connectivity index (χ0n) is 12.3. The molecule has 19 heavy (non-hydrogen) atoms. The lowest BCUT2D eigenvalue weighted by Crippen LogP contribution is -2.39. The molecule has 1 atom stereocenters. The van der Waals surface area contributed by atoms with Gasteiger partial charge in [0.1, 0.15) is 6.04 Å². The number of benzene rings is 1. The summed E-state index contributed by atoms with van der Waals surface area (Å²) in [5.74, 6) is -0.124. The minimum absolute atomic E-state index is 0.124. The van der Waals surface area contributed by atoms with Crippen molar-refractivity contribution in [1.29, 1.82) is 0 Å². The van der Waals surface area contributed by atoms with E-state index in [0.29, 0.717) is 12.6 Å². The number of amides is 1. The lowest BCUT2D eigenvalue weighted by molar-refractivity contribution is -0.122. The highest BCUT2D eigenvalue weighted by Gasteiger charge is 2.15. The molecule has 0 saturated heterocycles. The molecule has 0 aliphatic carbocycles. The second-order valence-electron chi connectivity index (χ2n) is 5.25. The van der Waals surface area contributed by atoms with Gasteiger partial charge in [0.25, 0.3) is 0 Å². The van der Waals surface area contributed by atoms with E-state index in [9.17, 15) is 4.79 Å². The van der Waals surface area contributed by atoms with Gasteiger partial charge in [-0.25, -0.2) is 0 Å². The monoisotopic (exact) mass is 263 g/mol. The molecule has 0 spiro atoms. The molecule has 3 N–H and O–H groups in total. The maximum Gasteiger partial charge on any atom is 0.241 e. The van der Waals surface area contributed by atoms with Gasteiger partial charge in [-0.2, -0.15) is 0 Å². The van der Waals surface area contributed by atoms with Crippen LogP contribution in [0, 0.1) is 6.92 Å². The van der Waals surface area contributed by atoms with Gasteiger partial charge in [0.15, 0.2) is 0 Å². The van der Waals surface area contributed by atoms with Crippen LogP contribution in [-0.4, -0.2) is 37.0 Å². The molecular weight excluding hydrogens is 238 g/mol. The number of nitrogens with one attached hydrogen (secondary N) is 1. The van der Waals surface area contributed by atoms with Crippen molar-refractivity contribution < 1.29 is 4.79 Å². The Hall–Kier alpha value is -1.39. The number of carbonyl (C=O) groups is 1. The summed E-state index contributed by atoms with van der Waals surface area (Å²) in [5.41, 5.74) is 7.95. The number of nitrogens with zero attached hydrogens (tertiary/aromatic N) is 1. The summed E-state index contributed by atoms with van der Waals surface area (Å²) in [6.07, 6.45) is 0. The van der Waals surface area contributed by atoms with Crippen LogP contribution < -0.4 is 11.1 Å². The molecule has 1 unspecified atom stereocenters. The molecule has 0 fully saturated rings. The van der Waals surface area contributed by atoms with Gasteiger partial charge in [-0.3, -0.25) is 4.79 Å². The lowest BCUT2D eigenvalue weighted by atomic mass is 10.1. The molecular formula is C15H25N3O. The number of nitrogens with two attached hydrogens (primary N) is 1. The molecule has 0 bridgehead atoms. The Bertz CT molecular complexity index is 400. The van der Waals surface area contributed by atoms with E-state index in [4.69, 9.17) is 5.73 Å². The van der Waals surface area contributed by atoms with E-state index in [0.717, 1.165) is 17.7 Å². The van der Waals surface area contributed by atoms with Crippen LogP contribution in [0.25, 0.3) is 0 Å². The van der Waals surface area contributed by atoms with Crippen LogP contribution in [0.2, 0.25) is 0 Å². The summed E-state index contributed by atoms with van der Waals surface area (Å²) < 4.78 is 0.